The molecule has 1 amide bonds. The number of fused-ring (bicyclic) bond motifs is 1. The summed E-state index contributed by atoms with van der Waals surface area (Å²) in [5.74, 6) is -0.692. The predicted molar refractivity (Wildman–Crippen MR) is 130 cm³/mol. The number of aliphatic carboxylic acids is 1. The van der Waals surface area contributed by atoms with Gasteiger partial charge in [0.2, 0.25) is 0 Å². The fraction of sp³-hybridized carbons (Fsp3) is 0.0833. The van der Waals surface area contributed by atoms with Gasteiger partial charge >= 0.3 is 5.97 Å². The van der Waals surface area contributed by atoms with Gasteiger partial charge in [0.05, 0.1) is 27.7 Å². The van der Waals surface area contributed by atoms with E-state index in [9.17, 15) is 14.7 Å². The summed E-state index contributed by atoms with van der Waals surface area (Å²) in [7, 11) is 0. The highest BCUT2D eigenvalue weighted by molar-refractivity contribution is 6.39. The van der Waals surface area contributed by atoms with Crippen LogP contribution in [-0.4, -0.2) is 33.5 Å². The van der Waals surface area contributed by atoms with Gasteiger partial charge in [-0.05, 0) is 42.5 Å². The number of anilines is 3. The Morgan fingerprint density at radius 3 is 2.33 bits per heavy atom. The van der Waals surface area contributed by atoms with Crippen molar-refractivity contribution in [2.24, 2.45) is 0 Å². The van der Waals surface area contributed by atoms with Gasteiger partial charge in [0, 0.05) is 35.6 Å². The zero-order valence-electron chi connectivity index (χ0n) is 17.2. The molecule has 166 valence electrons. The molecule has 4 aromatic rings. The Kier molecular flexibility index (Phi) is 6.72. The molecule has 2 aromatic carbocycles. The minimum Gasteiger partial charge on any atom is -0.481 e. The number of carboxylic acid groups (broad SMARTS) is 1. The van der Waals surface area contributed by atoms with Gasteiger partial charge in [-0.15, -0.1) is 0 Å². The number of rotatable bonds is 7. The number of amides is 1. The molecule has 2 heterocycles. The molecule has 0 aliphatic heterocycles. The number of nitrogens with one attached hydrogen (secondary N) is 1. The van der Waals surface area contributed by atoms with E-state index in [1.807, 2.05) is 36.4 Å². The van der Waals surface area contributed by atoms with Gasteiger partial charge in [-0.25, -0.2) is 4.98 Å². The van der Waals surface area contributed by atoms with E-state index in [0.29, 0.717) is 17.1 Å². The van der Waals surface area contributed by atoms with Crippen molar-refractivity contribution in [2.75, 3.05) is 16.8 Å². The fourth-order valence-electron chi connectivity index (χ4n) is 3.30. The minimum atomic E-state index is -0.914. The first-order valence-corrected chi connectivity index (χ1v) is 10.7. The standard InChI is InChI=1S/C24H18Cl2N4O3/c25-18-13-27-14-19(26)23(18)29-24(33)16-5-8-17(9-6-16)30(12-11-22(31)32)21-10-7-15-3-1-2-4-20(15)28-21/h1-10,13-14H,11-12H2,(H,31,32)(H,27,29,33). The van der Waals surface area contributed by atoms with E-state index < -0.39 is 11.9 Å². The van der Waals surface area contributed by atoms with Crippen LogP contribution in [0.1, 0.15) is 16.8 Å². The van der Waals surface area contributed by atoms with E-state index >= 15 is 0 Å². The highest BCUT2D eigenvalue weighted by Gasteiger charge is 2.16. The van der Waals surface area contributed by atoms with Gasteiger partial charge in [0.15, 0.2) is 0 Å². The maximum atomic E-state index is 12.7. The van der Waals surface area contributed by atoms with Crippen molar-refractivity contribution in [3.8, 4) is 0 Å². The zero-order valence-corrected chi connectivity index (χ0v) is 18.7. The van der Waals surface area contributed by atoms with Gasteiger partial charge < -0.3 is 15.3 Å². The Balaban J connectivity index is 1.61. The molecule has 0 saturated heterocycles. The summed E-state index contributed by atoms with van der Waals surface area (Å²) in [5, 5.41) is 13.3. The monoisotopic (exact) mass is 480 g/mol. The van der Waals surface area contributed by atoms with Crippen molar-refractivity contribution in [1.29, 1.82) is 0 Å². The molecular formula is C24H18Cl2N4O3. The van der Waals surface area contributed by atoms with Gasteiger partial charge in [0.25, 0.3) is 5.91 Å². The number of carbonyl (C=O) groups excluding carboxylic acids is 1. The van der Waals surface area contributed by atoms with Crippen LogP contribution in [0.4, 0.5) is 17.2 Å². The van der Waals surface area contributed by atoms with Crippen molar-refractivity contribution in [2.45, 2.75) is 6.42 Å². The summed E-state index contributed by atoms with van der Waals surface area (Å²) in [4.78, 5) is 34.3. The summed E-state index contributed by atoms with van der Waals surface area (Å²) >= 11 is 12.1. The molecule has 0 atom stereocenters. The van der Waals surface area contributed by atoms with Crippen LogP contribution in [0.2, 0.25) is 10.0 Å². The second-order valence-corrected chi connectivity index (χ2v) is 7.95. The summed E-state index contributed by atoms with van der Waals surface area (Å²) in [6.07, 6.45) is 2.71. The van der Waals surface area contributed by atoms with Crippen molar-refractivity contribution >= 4 is 63.2 Å². The highest BCUT2D eigenvalue weighted by atomic mass is 35.5. The lowest BCUT2D eigenvalue weighted by molar-refractivity contribution is -0.136. The average molecular weight is 481 g/mol. The predicted octanol–water partition coefficient (Wildman–Crippen LogP) is 5.80. The van der Waals surface area contributed by atoms with E-state index in [1.165, 1.54) is 12.4 Å². The number of hydrogen-bond acceptors (Lipinski definition) is 5. The third kappa shape index (κ3) is 5.22. The molecule has 4 rings (SSSR count). The summed E-state index contributed by atoms with van der Waals surface area (Å²) in [5.41, 5.74) is 2.17. The lowest BCUT2D eigenvalue weighted by Crippen LogP contribution is -2.22. The van der Waals surface area contributed by atoms with Crippen molar-refractivity contribution in [1.82, 2.24) is 9.97 Å². The van der Waals surface area contributed by atoms with Crippen LogP contribution in [0.3, 0.4) is 0 Å². The van der Waals surface area contributed by atoms with E-state index in [0.717, 1.165) is 10.9 Å². The van der Waals surface area contributed by atoms with E-state index in [1.54, 1.807) is 29.2 Å². The quantitative estimate of drug-likeness (QED) is 0.346. The molecular weight excluding hydrogens is 463 g/mol. The van der Waals surface area contributed by atoms with Crippen LogP contribution >= 0.6 is 23.2 Å². The number of para-hydroxylation sites is 1. The normalized spacial score (nSPS) is 10.7. The smallest absolute Gasteiger partial charge is 0.305 e. The maximum Gasteiger partial charge on any atom is 0.305 e. The van der Waals surface area contributed by atoms with Crippen molar-refractivity contribution in [3.05, 3.63) is 88.7 Å². The Hall–Kier alpha value is -3.68. The van der Waals surface area contributed by atoms with Crippen LogP contribution in [0.5, 0.6) is 0 Å². The van der Waals surface area contributed by atoms with Gasteiger partial charge in [-0.1, -0.05) is 41.4 Å². The van der Waals surface area contributed by atoms with Crippen molar-refractivity contribution < 1.29 is 14.7 Å². The Labute approximate surface area is 199 Å². The molecule has 2 N–H and O–H groups in total. The largest absolute Gasteiger partial charge is 0.481 e. The van der Waals surface area contributed by atoms with E-state index in [4.69, 9.17) is 23.2 Å². The molecule has 33 heavy (non-hydrogen) atoms. The molecule has 0 aliphatic rings. The number of halogens is 2. The lowest BCUT2D eigenvalue weighted by atomic mass is 10.1. The molecule has 0 spiro atoms. The molecule has 0 saturated carbocycles. The maximum absolute atomic E-state index is 12.7. The second-order valence-electron chi connectivity index (χ2n) is 7.14. The van der Waals surface area contributed by atoms with E-state index in [2.05, 4.69) is 15.3 Å². The third-order valence-corrected chi connectivity index (χ3v) is 5.52. The number of aromatic nitrogens is 2. The average Bonchev–Trinajstić information content (AvgIpc) is 2.81. The molecule has 9 heteroatoms. The highest BCUT2D eigenvalue weighted by Crippen LogP contribution is 2.30. The first-order valence-electron chi connectivity index (χ1n) is 9.98. The summed E-state index contributed by atoms with van der Waals surface area (Å²) in [6, 6.07) is 18.2. The molecule has 0 unspecified atom stereocenters. The third-order valence-electron chi connectivity index (χ3n) is 4.94. The number of hydrogen-bond donors (Lipinski definition) is 2. The molecule has 0 aliphatic carbocycles. The number of benzene rings is 2. The number of carboxylic acids is 1. The lowest BCUT2D eigenvalue weighted by Gasteiger charge is -2.24. The van der Waals surface area contributed by atoms with Crippen LogP contribution in [0, 0.1) is 0 Å². The number of pyridine rings is 2. The van der Waals surface area contributed by atoms with Gasteiger partial charge in [0.1, 0.15) is 5.82 Å². The molecule has 0 radical (unpaired) electrons. The molecule has 7 nitrogen and oxygen atoms in total. The van der Waals surface area contributed by atoms with Crippen LogP contribution in [-0.2, 0) is 4.79 Å². The van der Waals surface area contributed by atoms with Gasteiger partial charge in [-0.2, -0.15) is 0 Å². The van der Waals surface area contributed by atoms with Crippen molar-refractivity contribution in [3.63, 3.8) is 0 Å². The van der Waals surface area contributed by atoms with Crippen LogP contribution < -0.4 is 10.2 Å². The SMILES string of the molecule is O=C(O)CCN(c1ccc(C(=O)Nc2c(Cl)cncc2Cl)cc1)c1ccc2ccccc2n1. The first-order chi connectivity index (χ1) is 15.9. The molecule has 0 fully saturated rings. The molecule has 0 bridgehead atoms. The summed E-state index contributed by atoms with van der Waals surface area (Å²) in [6.45, 7) is 0.217. The Bertz CT molecular complexity index is 1310. The van der Waals surface area contributed by atoms with Gasteiger partial charge in [-0.3, -0.25) is 14.6 Å². The minimum absolute atomic E-state index is 0.0736. The van der Waals surface area contributed by atoms with Crippen LogP contribution in [0.15, 0.2) is 73.1 Å². The topological polar surface area (TPSA) is 95.4 Å². The van der Waals surface area contributed by atoms with E-state index in [-0.39, 0.29) is 28.7 Å². The summed E-state index contributed by atoms with van der Waals surface area (Å²) < 4.78 is 0. The fourth-order valence-corrected chi connectivity index (χ4v) is 3.76. The number of nitrogens with zero attached hydrogens (tertiary/aromatic N) is 3. The zero-order chi connectivity index (χ0) is 23.4. The van der Waals surface area contributed by atoms with Crippen LogP contribution in [0.25, 0.3) is 10.9 Å². The second kappa shape index (κ2) is 9.85. The Morgan fingerprint density at radius 1 is 0.939 bits per heavy atom. The molecule has 2 aromatic heterocycles. The number of carbonyl (C=O) groups is 2. The first kappa shape index (κ1) is 22.5. The Morgan fingerprint density at radius 2 is 1.64 bits per heavy atom.